The Morgan fingerprint density at radius 3 is 2.32 bits per heavy atom. The van der Waals surface area contributed by atoms with Crippen LogP contribution in [0.1, 0.15) is 112 Å². The minimum absolute atomic E-state index is 0.0266. The highest BCUT2D eigenvalue weighted by Crippen LogP contribution is 2.75. The Morgan fingerprint density at radius 2 is 1.61 bits per heavy atom. The number of esters is 1. The predicted octanol–water partition coefficient (Wildman–Crippen LogP) is 9.27. The van der Waals surface area contributed by atoms with Crippen molar-refractivity contribution < 1.29 is 14.3 Å². The molecule has 0 heterocycles. The molecule has 6 rings (SSSR count). The Kier molecular flexibility index (Phi) is 6.47. The Labute approximate surface area is 248 Å². The summed E-state index contributed by atoms with van der Waals surface area (Å²) in [6.07, 6.45) is 12.8. The highest BCUT2D eigenvalue weighted by atomic mass is 16.5. The van der Waals surface area contributed by atoms with E-state index in [-0.39, 0.29) is 44.9 Å². The van der Waals surface area contributed by atoms with E-state index in [1.54, 1.807) is 0 Å². The van der Waals surface area contributed by atoms with E-state index in [1.165, 1.54) is 24.0 Å². The van der Waals surface area contributed by atoms with Crippen LogP contribution < -0.4 is 0 Å². The van der Waals surface area contributed by atoms with Crippen LogP contribution in [0, 0.1) is 50.2 Å². The van der Waals surface area contributed by atoms with Gasteiger partial charge in [0.2, 0.25) is 0 Å². The van der Waals surface area contributed by atoms with Gasteiger partial charge in [-0.3, -0.25) is 9.59 Å². The summed E-state index contributed by atoms with van der Waals surface area (Å²) >= 11 is 0. The fourth-order valence-corrected chi connectivity index (χ4v) is 11.0. The third kappa shape index (κ3) is 3.96. The molecule has 222 valence electrons. The number of fused-ring (bicyclic) bond motifs is 7. The van der Waals surface area contributed by atoms with Crippen molar-refractivity contribution in [2.75, 3.05) is 0 Å². The summed E-state index contributed by atoms with van der Waals surface area (Å²) in [5, 5.41) is 0. The Bertz CT molecular complexity index is 1320. The van der Waals surface area contributed by atoms with Crippen LogP contribution in [0.4, 0.5) is 0 Å². The van der Waals surface area contributed by atoms with Gasteiger partial charge in [-0.1, -0.05) is 89.1 Å². The first kappa shape index (κ1) is 28.9. The van der Waals surface area contributed by atoms with Crippen LogP contribution >= 0.6 is 0 Å². The fraction of sp³-hybridized carbons (Fsp3) is 0.684. The number of carbonyl (C=O) groups is 2. The summed E-state index contributed by atoms with van der Waals surface area (Å²) in [7, 11) is 0. The first-order valence-corrected chi connectivity index (χ1v) is 16.3. The van der Waals surface area contributed by atoms with Crippen LogP contribution in [-0.2, 0) is 20.9 Å². The normalized spacial score (nSPS) is 44.8. The quantitative estimate of drug-likeness (QED) is 0.275. The highest BCUT2D eigenvalue weighted by Gasteiger charge is 2.69. The number of carbonyl (C=O) groups excluding carboxylic acids is 2. The van der Waals surface area contributed by atoms with E-state index in [9.17, 15) is 9.59 Å². The van der Waals surface area contributed by atoms with E-state index in [0.717, 1.165) is 44.1 Å². The van der Waals surface area contributed by atoms with Crippen LogP contribution in [0.3, 0.4) is 0 Å². The van der Waals surface area contributed by atoms with Gasteiger partial charge >= 0.3 is 5.97 Å². The SMILES string of the molecule is CC1=CC[C@]2(C)[C@H]3C(=O)C=C4[C@@H]5C[C@@](C)(C(=O)OCc6ccccc6)CC[C@]5(C)CC[C@@]4(C)[C@]3(C)CC[C@H]2C1(C)C. The highest BCUT2D eigenvalue weighted by molar-refractivity contribution is 5.95. The van der Waals surface area contributed by atoms with Crippen LogP contribution in [-0.4, -0.2) is 11.8 Å². The number of allylic oxidation sites excluding steroid dienone is 4. The van der Waals surface area contributed by atoms with Gasteiger partial charge in [-0.25, -0.2) is 0 Å². The minimum atomic E-state index is -0.530. The zero-order valence-corrected chi connectivity index (χ0v) is 26.9. The molecule has 3 nitrogen and oxygen atoms in total. The molecule has 0 bridgehead atoms. The summed E-state index contributed by atoms with van der Waals surface area (Å²) in [6, 6.07) is 9.98. The molecule has 3 heteroatoms. The van der Waals surface area contributed by atoms with Gasteiger partial charge in [-0.2, -0.15) is 0 Å². The van der Waals surface area contributed by atoms with E-state index in [1.807, 2.05) is 30.3 Å². The van der Waals surface area contributed by atoms with E-state index in [2.05, 4.69) is 67.5 Å². The lowest BCUT2D eigenvalue weighted by Gasteiger charge is -2.70. The van der Waals surface area contributed by atoms with Gasteiger partial charge in [0, 0.05) is 5.92 Å². The Morgan fingerprint density at radius 1 is 0.927 bits per heavy atom. The topological polar surface area (TPSA) is 43.4 Å². The number of hydrogen-bond donors (Lipinski definition) is 0. The van der Waals surface area contributed by atoms with Gasteiger partial charge in [0.1, 0.15) is 6.61 Å². The molecule has 8 atom stereocenters. The van der Waals surface area contributed by atoms with E-state index in [4.69, 9.17) is 4.74 Å². The van der Waals surface area contributed by atoms with Crippen molar-refractivity contribution in [1.82, 2.24) is 0 Å². The monoisotopic (exact) mass is 556 g/mol. The first-order valence-electron chi connectivity index (χ1n) is 16.3. The van der Waals surface area contributed by atoms with Crippen LogP contribution in [0.15, 0.2) is 53.6 Å². The average molecular weight is 557 g/mol. The summed E-state index contributed by atoms with van der Waals surface area (Å²) in [5.74, 6) is 1.08. The molecule has 5 aliphatic rings. The summed E-state index contributed by atoms with van der Waals surface area (Å²) in [4.78, 5) is 28.2. The van der Waals surface area contributed by atoms with E-state index in [0.29, 0.717) is 18.3 Å². The number of ketones is 1. The Hall–Kier alpha value is -2.16. The van der Waals surface area contributed by atoms with Crippen molar-refractivity contribution in [2.24, 2.45) is 50.2 Å². The number of benzene rings is 1. The van der Waals surface area contributed by atoms with Gasteiger partial charge in [0.25, 0.3) is 0 Å². The lowest BCUT2D eigenvalue weighted by Crippen LogP contribution is -2.65. The van der Waals surface area contributed by atoms with E-state index >= 15 is 0 Å². The molecule has 3 saturated carbocycles. The molecular weight excluding hydrogens is 504 g/mol. The molecule has 0 aromatic heterocycles. The van der Waals surface area contributed by atoms with Gasteiger partial charge in [-0.15, -0.1) is 0 Å². The molecule has 0 radical (unpaired) electrons. The molecule has 41 heavy (non-hydrogen) atoms. The zero-order chi connectivity index (χ0) is 29.6. The average Bonchev–Trinajstić information content (AvgIpc) is 2.92. The lowest BCUT2D eigenvalue weighted by atomic mass is 9.33. The maximum atomic E-state index is 14.5. The van der Waals surface area contributed by atoms with Crippen molar-refractivity contribution in [1.29, 1.82) is 0 Å². The second-order valence-corrected chi connectivity index (χ2v) is 16.6. The molecule has 5 aliphatic carbocycles. The molecule has 0 unspecified atom stereocenters. The van der Waals surface area contributed by atoms with Gasteiger partial charge < -0.3 is 4.74 Å². The molecule has 1 aromatic rings. The smallest absolute Gasteiger partial charge is 0.312 e. The molecule has 1 aromatic carbocycles. The maximum absolute atomic E-state index is 14.5. The zero-order valence-electron chi connectivity index (χ0n) is 26.9. The van der Waals surface area contributed by atoms with Crippen LogP contribution in [0.2, 0.25) is 0 Å². The van der Waals surface area contributed by atoms with Crippen molar-refractivity contribution in [2.45, 2.75) is 113 Å². The third-order valence-electron chi connectivity index (χ3n) is 14.3. The first-order chi connectivity index (χ1) is 19.1. The summed E-state index contributed by atoms with van der Waals surface area (Å²) in [5.41, 5.74) is 3.46. The molecular formula is C38H52O3. The molecule has 0 amide bonds. The van der Waals surface area contributed by atoms with Gasteiger partial charge in [0.15, 0.2) is 5.78 Å². The third-order valence-corrected chi connectivity index (χ3v) is 14.3. The van der Waals surface area contributed by atoms with Crippen LogP contribution in [0.25, 0.3) is 0 Å². The van der Waals surface area contributed by atoms with Gasteiger partial charge in [-0.05, 0) is 116 Å². The maximum Gasteiger partial charge on any atom is 0.312 e. The number of rotatable bonds is 3. The van der Waals surface area contributed by atoms with Gasteiger partial charge in [0.05, 0.1) is 5.41 Å². The summed E-state index contributed by atoms with van der Waals surface area (Å²) in [6.45, 7) is 19.4. The second kappa shape index (κ2) is 9.17. The van der Waals surface area contributed by atoms with Crippen molar-refractivity contribution in [3.8, 4) is 0 Å². The predicted molar refractivity (Wildman–Crippen MR) is 165 cm³/mol. The van der Waals surface area contributed by atoms with Crippen molar-refractivity contribution in [3.63, 3.8) is 0 Å². The number of hydrogen-bond acceptors (Lipinski definition) is 3. The van der Waals surface area contributed by atoms with Crippen molar-refractivity contribution >= 4 is 11.8 Å². The standard InChI is InChI=1S/C38H52O3/c1-25-14-16-36(6)30(33(25,2)3)15-17-38(8)31(36)29(39)22-27-28-23-35(5,19-18-34(28,4)20-21-37(27,38)7)32(40)41-24-26-12-10-9-11-13-26/h9-14,22,28,30-31H,15-21,23-24H2,1-8H3/t28-,30-,31+,34+,35-,36-,37+,38+/m0/s1. The molecule has 0 saturated heterocycles. The minimum Gasteiger partial charge on any atom is -0.460 e. The molecule has 3 fully saturated rings. The number of ether oxygens (including phenoxy) is 1. The largest absolute Gasteiger partial charge is 0.460 e. The molecule has 0 aliphatic heterocycles. The van der Waals surface area contributed by atoms with Crippen LogP contribution in [0.5, 0.6) is 0 Å². The molecule has 0 N–H and O–H groups in total. The fourth-order valence-electron chi connectivity index (χ4n) is 11.0. The lowest BCUT2D eigenvalue weighted by molar-refractivity contribution is -0.176. The van der Waals surface area contributed by atoms with E-state index < -0.39 is 5.41 Å². The summed E-state index contributed by atoms with van der Waals surface area (Å²) < 4.78 is 5.94. The second-order valence-electron chi connectivity index (χ2n) is 16.6. The molecule has 0 spiro atoms. The Balaban J connectivity index is 1.35. The van der Waals surface area contributed by atoms with Crippen molar-refractivity contribution in [3.05, 3.63) is 59.2 Å².